The van der Waals surface area contributed by atoms with Crippen LogP contribution in [0.2, 0.25) is 10.0 Å². The molecule has 1 N–H and O–H groups in total. The van der Waals surface area contributed by atoms with Crippen molar-refractivity contribution in [1.29, 1.82) is 0 Å². The molecule has 0 aliphatic heterocycles. The van der Waals surface area contributed by atoms with Crippen LogP contribution in [0.4, 0.5) is 0 Å². The number of benzene rings is 1. The molecule has 0 saturated heterocycles. The first-order valence-electron chi connectivity index (χ1n) is 6.81. The lowest BCUT2D eigenvalue weighted by Crippen LogP contribution is -2.37. The van der Waals surface area contributed by atoms with E-state index >= 15 is 0 Å². The zero-order valence-corrected chi connectivity index (χ0v) is 13.4. The Morgan fingerprint density at radius 1 is 1.38 bits per heavy atom. The molecule has 1 atom stereocenters. The highest BCUT2D eigenvalue weighted by molar-refractivity contribution is 6.43. The molecule has 4 nitrogen and oxygen atoms in total. The second-order valence-corrected chi connectivity index (χ2v) is 6.06. The maximum Gasteiger partial charge on any atom is 0.258 e. The van der Waals surface area contributed by atoms with Gasteiger partial charge in [-0.1, -0.05) is 23.2 Å². The zero-order chi connectivity index (χ0) is 15.6. The first-order chi connectivity index (χ1) is 9.90. The van der Waals surface area contributed by atoms with Crippen molar-refractivity contribution in [2.75, 3.05) is 6.61 Å². The Bertz CT molecular complexity index is 570. The molecule has 114 valence electrons. The van der Waals surface area contributed by atoms with Gasteiger partial charge in [-0.05, 0) is 44.7 Å². The Kier molecular flexibility index (Phi) is 5.12. The molecule has 0 spiro atoms. The first-order valence-corrected chi connectivity index (χ1v) is 7.57. The van der Waals surface area contributed by atoms with E-state index in [0.29, 0.717) is 11.5 Å². The summed E-state index contributed by atoms with van der Waals surface area (Å²) in [5, 5.41) is 3.30. The predicted molar refractivity (Wildman–Crippen MR) is 82.3 cm³/mol. The average Bonchev–Trinajstić information content (AvgIpc) is 3.24. The number of ketones is 1. The molecule has 1 saturated carbocycles. The lowest BCUT2D eigenvalue weighted by Gasteiger charge is -2.15. The highest BCUT2D eigenvalue weighted by atomic mass is 35.5. The number of carbonyl (C=O) groups excluding carboxylic acids is 2. The number of halogens is 2. The van der Waals surface area contributed by atoms with Gasteiger partial charge in [0.2, 0.25) is 0 Å². The molecule has 1 aromatic carbocycles. The zero-order valence-electron chi connectivity index (χ0n) is 11.9. The summed E-state index contributed by atoms with van der Waals surface area (Å²) in [5.41, 5.74) is 0.312. The number of nitrogens with one attached hydrogen (secondary N) is 1. The third-order valence-corrected chi connectivity index (χ3v) is 4.28. The molecule has 6 heteroatoms. The van der Waals surface area contributed by atoms with Gasteiger partial charge < -0.3 is 10.1 Å². The second-order valence-electron chi connectivity index (χ2n) is 5.28. The van der Waals surface area contributed by atoms with Gasteiger partial charge in [-0.2, -0.15) is 0 Å². The Morgan fingerprint density at radius 2 is 2.05 bits per heavy atom. The third-order valence-electron chi connectivity index (χ3n) is 3.49. The molecule has 1 fully saturated rings. The van der Waals surface area contributed by atoms with Crippen LogP contribution < -0.4 is 10.1 Å². The van der Waals surface area contributed by atoms with Crippen molar-refractivity contribution >= 4 is 34.9 Å². The van der Waals surface area contributed by atoms with E-state index in [1.807, 2.05) is 6.92 Å². The van der Waals surface area contributed by atoms with Gasteiger partial charge >= 0.3 is 0 Å². The van der Waals surface area contributed by atoms with E-state index in [0.717, 1.165) is 12.8 Å². The van der Waals surface area contributed by atoms with E-state index in [-0.39, 0.29) is 40.1 Å². The van der Waals surface area contributed by atoms with Crippen LogP contribution in [0.25, 0.3) is 0 Å². The van der Waals surface area contributed by atoms with E-state index in [2.05, 4.69) is 5.32 Å². The van der Waals surface area contributed by atoms with Gasteiger partial charge in [-0.25, -0.2) is 0 Å². The number of hydrogen-bond donors (Lipinski definition) is 1. The lowest BCUT2D eigenvalue weighted by atomic mass is 10.1. The Hall–Kier alpha value is -1.26. The maximum absolute atomic E-state index is 11.8. The SMILES string of the molecule is CC(=O)c1ccc(Cl)c(Cl)c1OCC(=O)NC(C)C1CC1. The molecule has 0 radical (unpaired) electrons. The number of hydrogen-bond acceptors (Lipinski definition) is 3. The van der Waals surface area contributed by atoms with Crippen molar-refractivity contribution in [1.82, 2.24) is 5.32 Å². The van der Waals surface area contributed by atoms with Crippen LogP contribution in [-0.4, -0.2) is 24.3 Å². The van der Waals surface area contributed by atoms with Gasteiger partial charge in [0.05, 0.1) is 10.6 Å². The van der Waals surface area contributed by atoms with Crippen LogP contribution in [0.1, 0.15) is 37.0 Å². The standard InChI is InChI=1S/C15H17Cl2NO3/c1-8(10-3-4-10)18-13(20)7-21-15-11(9(2)19)5-6-12(16)14(15)17/h5-6,8,10H,3-4,7H2,1-2H3,(H,18,20). The molecule has 1 aliphatic rings. The van der Waals surface area contributed by atoms with E-state index in [1.54, 1.807) is 0 Å². The lowest BCUT2D eigenvalue weighted by molar-refractivity contribution is -0.123. The number of ether oxygens (including phenoxy) is 1. The van der Waals surface area contributed by atoms with E-state index < -0.39 is 0 Å². The predicted octanol–water partition coefficient (Wildman–Crippen LogP) is 3.49. The fraction of sp³-hybridized carbons (Fsp3) is 0.467. The molecule has 0 heterocycles. The van der Waals surface area contributed by atoms with Gasteiger partial charge in [-0.3, -0.25) is 9.59 Å². The monoisotopic (exact) mass is 329 g/mol. The summed E-state index contributed by atoms with van der Waals surface area (Å²) < 4.78 is 5.42. The minimum absolute atomic E-state index is 0.142. The minimum Gasteiger partial charge on any atom is -0.481 e. The van der Waals surface area contributed by atoms with Crippen LogP contribution in [-0.2, 0) is 4.79 Å². The summed E-state index contributed by atoms with van der Waals surface area (Å²) in [6.45, 7) is 3.18. The van der Waals surface area contributed by atoms with Crippen LogP contribution in [0.5, 0.6) is 5.75 Å². The molecule has 1 aromatic rings. The largest absolute Gasteiger partial charge is 0.481 e. The molecule has 0 bridgehead atoms. The topological polar surface area (TPSA) is 55.4 Å². The number of carbonyl (C=O) groups is 2. The summed E-state index contributed by atoms with van der Waals surface area (Å²) in [7, 11) is 0. The minimum atomic E-state index is -0.236. The van der Waals surface area contributed by atoms with Crippen LogP contribution in [0.3, 0.4) is 0 Å². The second kappa shape index (κ2) is 6.67. The van der Waals surface area contributed by atoms with Crippen molar-refractivity contribution in [3.63, 3.8) is 0 Å². The van der Waals surface area contributed by atoms with E-state index in [9.17, 15) is 9.59 Å². The number of amides is 1. The van der Waals surface area contributed by atoms with Gasteiger partial charge in [0, 0.05) is 6.04 Å². The molecule has 0 aromatic heterocycles. The van der Waals surface area contributed by atoms with Crippen molar-refractivity contribution in [2.45, 2.75) is 32.7 Å². The van der Waals surface area contributed by atoms with Crippen LogP contribution in [0.15, 0.2) is 12.1 Å². The number of rotatable bonds is 6. The fourth-order valence-corrected chi connectivity index (χ4v) is 2.47. The first kappa shape index (κ1) is 16.1. The van der Waals surface area contributed by atoms with Crippen molar-refractivity contribution in [3.05, 3.63) is 27.7 Å². The quantitative estimate of drug-likeness (QED) is 0.813. The normalized spacial score (nSPS) is 15.4. The van der Waals surface area contributed by atoms with Gasteiger partial charge in [0.25, 0.3) is 5.91 Å². The summed E-state index contributed by atoms with van der Waals surface area (Å²) in [6, 6.07) is 3.21. The summed E-state index contributed by atoms with van der Waals surface area (Å²) in [6.07, 6.45) is 2.30. The average molecular weight is 330 g/mol. The maximum atomic E-state index is 11.8. The van der Waals surface area contributed by atoms with Crippen LogP contribution >= 0.6 is 23.2 Å². The van der Waals surface area contributed by atoms with Crippen molar-refractivity contribution < 1.29 is 14.3 Å². The molecule has 1 amide bonds. The molecule has 1 aliphatic carbocycles. The summed E-state index contributed by atoms with van der Waals surface area (Å²) >= 11 is 12.0. The summed E-state index contributed by atoms with van der Waals surface area (Å²) in [5.74, 6) is 0.289. The Labute approximate surface area is 133 Å². The third kappa shape index (κ3) is 4.11. The summed E-state index contributed by atoms with van der Waals surface area (Å²) in [4.78, 5) is 23.4. The molecule has 2 rings (SSSR count). The van der Waals surface area contributed by atoms with Gasteiger partial charge in [0.15, 0.2) is 18.1 Å². The smallest absolute Gasteiger partial charge is 0.258 e. The van der Waals surface area contributed by atoms with Gasteiger partial charge in [-0.15, -0.1) is 0 Å². The van der Waals surface area contributed by atoms with Crippen LogP contribution in [0, 0.1) is 5.92 Å². The molecular weight excluding hydrogens is 313 g/mol. The number of Topliss-reactive ketones (excluding diaryl/α,β-unsaturated/α-hetero) is 1. The Balaban J connectivity index is 2.03. The Morgan fingerprint density at radius 3 is 2.62 bits per heavy atom. The van der Waals surface area contributed by atoms with E-state index in [4.69, 9.17) is 27.9 Å². The highest BCUT2D eigenvalue weighted by Crippen LogP contribution is 2.35. The van der Waals surface area contributed by atoms with Crippen molar-refractivity contribution in [3.8, 4) is 5.75 Å². The molecule has 1 unspecified atom stereocenters. The molecular formula is C15H17Cl2NO3. The van der Waals surface area contributed by atoms with Gasteiger partial charge in [0.1, 0.15) is 5.02 Å². The fourth-order valence-electron chi connectivity index (χ4n) is 2.10. The highest BCUT2D eigenvalue weighted by Gasteiger charge is 2.29. The van der Waals surface area contributed by atoms with Crippen molar-refractivity contribution in [2.24, 2.45) is 5.92 Å². The molecule has 21 heavy (non-hydrogen) atoms. The van der Waals surface area contributed by atoms with E-state index in [1.165, 1.54) is 19.1 Å².